The first-order valence-corrected chi connectivity index (χ1v) is 11.7. The lowest BCUT2D eigenvalue weighted by Crippen LogP contribution is -2.16. The summed E-state index contributed by atoms with van der Waals surface area (Å²) >= 11 is 7.32. The second kappa shape index (κ2) is 9.02. The summed E-state index contributed by atoms with van der Waals surface area (Å²) in [5.41, 5.74) is 1.69. The molecule has 0 saturated heterocycles. The highest BCUT2D eigenvalue weighted by atomic mass is 35.5. The van der Waals surface area contributed by atoms with Gasteiger partial charge in [-0.05, 0) is 42.8 Å². The standard InChI is InChI=1S/C18H17ClFN5O3S2/c1-11-3-5-13(8-14(11)19)25-10-21-23-18(25)29-9-17(26)22-12-4-6-15(20)16(7-12)24-30(2,27)28/h3-8,10,24H,9H2,1-2H3,(H,22,26). The highest BCUT2D eigenvalue weighted by Crippen LogP contribution is 2.24. The molecule has 8 nitrogen and oxygen atoms in total. The molecule has 1 heterocycles. The SMILES string of the molecule is Cc1ccc(-n2cnnc2SCC(=O)Nc2ccc(F)c(NS(C)(=O)=O)c2)cc1Cl. The van der Waals surface area contributed by atoms with Crippen molar-refractivity contribution in [2.24, 2.45) is 0 Å². The van der Waals surface area contributed by atoms with Crippen molar-refractivity contribution in [3.05, 3.63) is 59.1 Å². The van der Waals surface area contributed by atoms with E-state index in [1.165, 1.54) is 18.5 Å². The lowest BCUT2D eigenvalue weighted by molar-refractivity contribution is -0.113. The highest BCUT2D eigenvalue weighted by molar-refractivity contribution is 7.99. The van der Waals surface area contributed by atoms with Crippen LogP contribution in [-0.2, 0) is 14.8 Å². The molecule has 1 aromatic heterocycles. The van der Waals surface area contributed by atoms with E-state index in [4.69, 9.17) is 11.6 Å². The Bertz CT molecular complexity index is 1200. The fraction of sp³-hybridized carbons (Fsp3) is 0.167. The predicted molar refractivity (Wildman–Crippen MR) is 115 cm³/mol. The molecule has 0 saturated carbocycles. The van der Waals surface area contributed by atoms with Gasteiger partial charge in [-0.3, -0.25) is 14.1 Å². The van der Waals surface area contributed by atoms with Gasteiger partial charge in [0.25, 0.3) is 0 Å². The molecular weight excluding hydrogens is 453 g/mol. The number of amides is 1. The minimum atomic E-state index is -3.66. The largest absolute Gasteiger partial charge is 0.325 e. The van der Waals surface area contributed by atoms with Gasteiger partial charge in [0.1, 0.15) is 12.1 Å². The molecule has 1 amide bonds. The number of sulfonamides is 1. The molecule has 3 rings (SSSR count). The van der Waals surface area contributed by atoms with Crippen molar-refractivity contribution in [3.63, 3.8) is 0 Å². The zero-order chi connectivity index (χ0) is 21.9. The van der Waals surface area contributed by atoms with Crippen LogP contribution in [0, 0.1) is 12.7 Å². The molecule has 0 spiro atoms. The first kappa shape index (κ1) is 22.1. The maximum absolute atomic E-state index is 13.8. The maximum Gasteiger partial charge on any atom is 0.234 e. The molecule has 0 bridgehead atoms. The minimum absolute atomic E-state index is 0.00447. The maximum atomic E-state index is 13.8. The van der Waals surface area contributed by atoms with E-state index in [0.717, 1.165) is 35.3 Å². The van der Waals surface area contributed by atoms with Gasteiger partial charge in [-0.1, -0.05) is 29.4 Å². The number of aryl methyl sites for hydroxylation is 1. The van der Waals surface area contributed by atoms with E-state index in [2.05, 4.69) is 20.2 Å². The van der Waals surface area contributed by atoms with Crippen LogP contribution in [0.4, 0.5) is 15.8 Å². The molecule has 0 atom stereocenters. The van der Waals surface area contributed by atoms with Crippen molar-refractivity contribution in [3.8, 4) is 5.69 Å². The third kappa shape index (κ3) is 5.71. The van der Waals surface area contributed by atoms with Crippen LogP contribution in [0.25, 0.3) is 5.69 Å². The number of halogens is 2. The molecule has 2 N–H and O–H groups in total. The Morgan fingerprint density at radius 3 is 2.73 bits per heavy atom. The molecule has 0 aliphatic carbocycles. The van der Waals surface area contributed by atoms with Gasteiger partial charge in [-0.2, -0.15) is 0 Å². The monoisotopic (exact) mass is 469 g/mol. The summed E-state index contributed by atoms with van der Waals surface area (Å²) in [6.45, 7) is 1.89. The number of hydrogen-bond donors (Lipinski definition) is 2. The molecule has 0 aliphatic rings. The molecule has 0 aliphatic heterocycles. The van der Waals surface area contributed by atoms with Gasteiger partial charge >= 0.3 is 0 Å². The van der Waals surface area contributed by atoms with Crippen LogP contribution >= 0.6 is 23.4 Å². The third-order valence-electron chi connectivity index (χ3n) is 3.83. The zero-order valence-corrected chi connectivity index (χ0v) is 18.3. The van der Waals surface area contributed by atoms with Gasteiger partial charge in [0.2, 0.25) is 15.9 Å². The van der Waals surface area contributed by atoms with E-state index in [1.807, 2.05) is 19.1 Å². The number of thioether (sulfide) groups is 1. The summed E-state index contributed by atoms with van der Waals surface area (Å²) in [6, 6.07) is 9.12. The zero-order valence-electron chi connectivity index (χ0n) is 15.9. The van der Waals surface area contributed by atoms with Gasteiger partial charge in [-0.25, -0.2) is 12.8 Å². The van der Waals surface area contributed by atoms with E-state index in [0.29, 0.717) is 10.2 Å². The molecule has 0 fully saturated rings. The number of benzene rings is 2. The lowest BCUT2D eigenvalue weighted by atomic mass is 10.2. The Morgan fingerprint density at radius 2 is 2.03 bits per heavy atom. The number of rotatable bonds is 7. The normalized spacial score (nSPS) is 11.3. The number of nitrogens with zero attached hydrogens (tertiary/aromatic N) is 3. The van der Waals surface area contributed by atoms with Crippen molar-refractivity contribution in [1.82, 2.24) is 14.8 Å². The van der Waals surface area contributed by atoms with Crippen molar-refractivity contribution in [1.29, 1.82) is 0 Å². The Morgan fingerprint density at radius 1 is 1.27 bits per heavy atom. The Balaban J connectivity index is 1.67. The quantitative estimate of drug-likeness (QED) is 0.513. The summed E-state index contributed by atoms with van der Waals surface area (Å²) < 4.78 is 40.2. The third-order valence-corrected chi connectivity index (χ3v) is 5.77. The van der Waals surface area contributed by atoms with Gasteiger partial charge in [0, 0.05) is 10.7 Å². The molecule has 2 aromatic carbocycles. The van der Waals surface area contributed by atoms with E-state index in [-0.39, 0.29) is 23.0 Å². The summed E-state index contributed by atoms with van der Waals surface area (Å²) in [5, 5.41) is 11.6. The molecule has 158 valence electrons. The molecule has 0 radical (unpaired) electrons. The second-order valence-electron chi connectivity index (χ2n) is 6.32. The fourth-order valence-electron chi connectivity index (χ4n) is 2.44. The van der Waals surface area contributed by atoms with Crippen LogP contribution in [-0.4, -0.2) is 41.1 Å². The van der Waals surface area contributed by atoms with Crippen LogP contribution in [0.15, 0.2) is 47.9 Å². The number of aromatic nitrogens is 3. The average molecular weight is 470 g/mol. The van der Waals surface area contributed by atoms with E-state index < -0.39 is 15.8 Å². The smallest absolute Gasteiger partial charge is 0.234 e. The highest BCUT2D eigenvalue weighted by Gasteiger charge is 2.13. The van der Waals surface area contributed by atoms with Crippen molar-refractivity contribution in [2.75, 3.05) is 22.0 Å². The fourth-order valence-corrected chi connectivity index (χ4v) is 3.90. The van der Waals surface area contributed by atoms with Crippen LogP contribution in [0.2, 0.25) is 5.02 Å². The number of nitrogens with one attached hydrogen (secondary N) is 2. The molecule has 0 unspecified atom stereocenters. The number of anilines is 2. The van der Waals surface area contributed by atoms with Crippen LogP contribution in [0.3, 0.4) is 0 Å². The first-order chi connectivity index (χ1) is 14.1. The van der Waals surface area contributed by atoms with Crippen LogP contribution in [0.1, 0.15) is 5.56 Å². The van der Waals surface area contributed by atoms with Crippen molar-refractivity contribution >= 4 is 50.7 Å². The van der Waals surface area contributed by atoms with Crippen molar-refractivity contribution < 1.29 is 17.6 Å². The van der Waals surface area contributed by atoms with E-state index >= 15 is 0 Å². The van der Waals surface area contributed by atoms with Crippen LogP contribution < -0.4 is 10.0 Å². The lowest BCUT2D eigenvalue weighted by Gasteiger charge is -2.10. The second-order valence-corrected chi connectivity index (χ2v) is 9.42. The predicted octanol–water partition coefficient (Wildman–Crippen LogP) is 3.47. The summed E-state index contributed by atoms with van der Waals surface area (Å²) in [6.07, 6.45) is 2.43. The first-order valence-electron chi connectivity index (χ1n) is 8.49. The molecule has 30 heavy (non-hydrogen) atoms. The van der Waals surface area contributed by atoms with E-state index in [1.54, 1.807) is 10.6 Å². The van der Waals surface area contributed by atoms with Gasteiger partial charge < -0.3 is 5.32 Å². The Kier molecular flexibility index (Phi) is 6.64. The van der Waals surface area contributed by atoms with E-state index in [9.17, 15) is 17.6 Å². The summed E-state index contributed by atoms with van der Waals surface area (Å²) in [7, 11) is -3.66. The summed E-state index contributed by atoms with van der Waals surface area (Å²) in [4.78, 5) is 12.3. The van der Waals surface area contributed by atoms with Gasteiger partial charge in [0.15, 0.2) is 5.16 Å². The molecule has 12 heteroatoms. The topological polar surface area (TPSA) is 106 Å². The number of carbonyl (C=O) groups excluding carboxylic acids is 1. The van der Waals surface area contributed by atoms with Gasteiger partial charge in [0.05, 0.1) is 23.4 Å². The Labute approximate surface area is 181 Å². The Hall–Kier alpha value is -2.63. The molecular formula is C18H17ClFN5O3S2. The average Bonchev–Trinajstić information content (AvgIpc) is 3.12. The number of carbonyl (C=O) groups is 1. The van der Waals surface area contributed by atoms with Gasteiger partial charge in [-0.15, -0.1) is 10.2 Å². The minimum Gasteiger partial charge on any atom is -0.325 e. The summed E-state index contributed by atoms with van der Waals surface area (Å²) in [5.74, 6) is -1.13. The number of hydrogen-bond acceptors (Lipinski definition) is 6. The van der Waals surface area contributed by atoms with Crippen molar-refractivity contribution in [2.45, 2.75) is 12.1 Å². The van der Waals surface area contributed by atoms with Crippen LogP contribution in [0.5, 0.6) is 0 Å². The molecule has 3 aromatic rings.